The molecule has 28 heavy (non-hydrogen) atoms. The normalized spacial score (nSPS) is 23.2. The molecule has 3 aromatic rings. The van der Waals surface area contributed by atoms with Gasteiger partial charge in [-0.1, -0.05) is 54.6 Å². The van der Waals surface area contributed by atoms with Crippen LogP contribution in [0.15, 0.2) is 66.9 Å². The van der Waals surface area contributed by atoms with E-state index in [0.717, 1.165) is 0 Å². The molecule has 0 unspecified atom stereocenters. The number of nitrogens with zero attached hydrogens (tertiary/aromatic N) is 2. The first-order valence-electron chi connectivity index (χ1n) is 8.76. The van der Waals surface area contributed by atoms with Gasteiger partial charge in [-0.2, -0.15) is 0 Å². The van der Waals surface area contributed by atoms with Crippen LogP contribution in [0.4, 0.5) is 8.78 Å². The van der Waals surface area contributed by atoms with Crippen LogP contribution in [0.25, 0.3) is 11.4 Å². The first-order valence-corrected chi connectivity index (χ1v) is 8.76. The van der Waals surface area contributed by atoms with Crippen molar-refractivity contribution in [3.63, 3.8) is 0 Å². The maximum absolute atomic E-state index is 15.5. The molecule has 1 amide bonds. The highest BCUT2D eigenvalue weighted by Crippen LogP contribution is 2.66. The molecule has 1 aliphatic carbocycles. The summed E-state index contributed by atoms with van der Waals surface area (Å²) >= 11 is 0. The molecule has 1 heterocycles. The summed E-state index contributed by atoms with van der Waals surface area (Å²) in [5.41, 5.74) is 1.45. The number of benzene rings is 2. The van der Waals surface area contributed by atoms with Crippen molar-refractivity contribution in [2.75, 3.05) is 0 Å². The number of amides is 1. The third kappa shape index (κ3) is 2.93. The molecule has 0 aliphatic heterocycles. The maximum Gasteiger partial charge on any atom is 0.282 e. The Balaban J connectivity index is 1.66. The van der Waals surface area contributed by atoms with Crippen molar-refractivity contribution in [2.24, 2.45) is 0 Å². The number of hydroxylamine groups is 1. The SMILES string of the molecule is O=C(NO)[C@]1(F)[C@H](c2ccccc2)[C@H]1c1ccc(-c2nccc(CF)n2)cc1. The fourth-order valence-electron chi connectivity index (χ4n) is 3.71. The number of carbonyl (C=O) groups is 1. The zero-order chi connectivity index (χ0) is 19.7. The van der Waals surface area contributed by atoms with E-state index in [1.165, 1.54) is 17.7 Å². The third-order valence-electron chi connectivity index (χ3n) is 5.12. The minimum Gasteiger partial charge on any atom is -0.289 e. The van der Waals surface area contributed by atoms with Crippen LogP contribution in [0.3, 0.4) is 0 Å². The molecule has 1 aromatic heterocycles. The summed E-state index contributed by atoms with van der Waals surface area (Å²) in [6.07, 6.45) is 1.48. The molecule has 3 atom stereocenters. The van der Waals surface area contributed by atoms with E-state index in [-0.39, 0.29) is 5.69 Å². The minimum atomic E-state index is -2.23. The predicted molar refractivity (Wildman–Crippen MR) is 98.0 cm³/mol. The van der Waals surface area contributed by atoms with Crippen LogP contribution in [-0.4, -0.2) is 26.8 Å². The smallest absolute Gasteiger partial charge is 0.282 e. The number of alkyl halides is 2. The van der Waals surface area contributed by atoms with Gasteiger partial charge in [0.25, 0.3) is 5.91 Å². The van der Waals surface area contributed by atoms with Crippen LogP contribution in [0, 0.1) is 0 Å². The summed E-state index contributed by atoms with van der Waals surface area (Å²) in [6, 6.07) is 17.2. The number of rotatable bonds is 5. The molecule has 1 saturated carbocycles. The van der Waals surface area contributed by atoms with E-state index in [0.29, 0.717) is 22.5 Å². The summed E-state index contributed by atoms with van der Waals surface area (Å²) < 4.78 is 28.3. The van der Waals surface area contributed by atoms with E-state index in [9.17, 15) is 9.18 Å². The van der Waals surface area contributed by atoms with Crippen LogP contribution < -0.4 is 5.48 Å². The molecular formula is C21H17F2N3O2. The van der Waals surface area contributed by atoms with Crippen LogP contribution in [0.5, 0.6) is 0 Å². The van der Waals surface area contributed by atoms with Crippen molar-refractivity contribution < 1.29 is 18.8 Å². The van der Waals surface area contributed by atoms with Gasteiger partial charge in [-0.15, -0.1) is 0 Å². The molecule has 2 N–H and O–H groups in total. The van der Waals surface area contributed by atoms with Crippen LogP contribution in [-0.2, 0) is 11.5 Å². The lowest BCUT2D eigenvalue weighted by molar-refractivity contribution is -0.136. The Morgan fingerprint density at radius 2 is 1.68 bits per heavy atom. The maximum atomic E-state index is 15.5. The first kappa shape index (κ1) is 18.2. The molecule has 142 valence electrons. The van der Waals surface area contributed by atoms with Crippen LogP contribution in [0.1, 0.15) is 28.7 Å². The van der Waals surface area contributed by atoms with E-state index in [4.69, 9.17) is 5.21 Å². The minimum absolute atomic E-state index is 0.280. The molecule has 2 aromatic carbocycles. The lowest BCUT2D eigenvalue weighted by Gasteiger charge is -2.06. The molecule has 7 heteroatoms. The zero-order valence-electron chi connectivity index (χ0n) is 14.7. The monoisotopic (exact) mass is 381 g/mol. The number of nitrogens with one attached hydrogen (secondary N) is 1. The van der Waals surface area contributed by atoms with Gasteiger partial charge in [0, 0.05) is 23.6 Å². The largest absolute Gasteiger partial charge is 0.289 e. The molecule has 4 rings (SSSR count). The van der Waals surface area contributed by atoms with Gasteiger partial charge in [-0.05, 0) is 17.2 Å². The van der Waals surface area contributed by atoms with E-state index >= 15 is 4.39 Å². The van der Waals surface area contributed by atoms with Gasteiger partial charge in [0.1, 0.15) is 6.67 Å². The quantitative estimate of drug-likeness (QED) is 0.522. The van der Waals surface area contributed by atoms with Gasteiger partial charge in [0.15, 0.2) is 5.82 Å². The summed E-state index contributed by atoms with van der Waals surface area (Å²) in [5, 5.41) is 9.00. The van der Waals surface area contributed by atoms with Crippen molar-refractivity contribution in [1.82, 2.24) is 15.4 Å². The van der Waals surface area contributed by atoms with Crippen molar-refractivity contribution >= 4 is 5.91 Å². The second-order valence-electron chi connectivity index (χ2n) is 6.70. The Labute approximate surface area is 160 Å². The highest BCUT2D eigenvalue weighted by Gasteiger charge is 2.72. The van der Waals surface area contributed by atoms with Gasteiger partial charge < -0.3 is 0 Å². The lowest BCUT2D eigenvalue weighted by Crippen LogP contribution is -2.33. The molecule has 1 fully saturated rings. The average Bonchev–Trinajstić information content (AvgIpc) is 3.40. The summed E-state index contributed by atoms with van der Waals surface area (Å²) in [5.74, 6) is -2.11. The van der Waals surface area contributed by atoms with Gasteiger partial charge in [-0.25, -0.2) is 24.2 Å². The van der Waals surface area contributed by atoms with Crippen molar-refractivity contribution in [3.8, 4) is 11.4 Å². The topological polar surface area (TPSA) is 75.1 Å². The van der Waals surface area contributed by atoms with Gasteiger partial charge in [-0.3, -0.25) is 10.0 Å². The van der Waals surface area contributed by atoms with Crippen LogP contribution in [0.2, 0.25) is 0 Å². The summed E-state index contributed by atoms with van der Waals surface area (Å²) in [7, 11) is 0. The Kier molecular flexibility index (Phi) is 4.60. The summed E-state index contributed by atoms with van der Waals surface area (Å²) in [6.45, 7) is -0.685. The standard InChI is InChI=1S/C21H17F2N3O2/c22-12-16-10-11-24-19(25-16)15-8-6-14(7-9-15)18-17(13-4-2-1-3-5-13)21(18,23)20(27)26-28/h1-11,17-18,28H,12H2,(H,26,27)/t17-,18-,21+/m1/s1. The second-order valence-corrected chi connectivity index (χ2v) is 6.70. The molecule has 0 radical (unpaired) electrons. The number of hydrogen-bond donors (Lipinski definition) is 2. The number of halogens is 2. The molecule has 0 saturated heterocycles. The van der Waals surface area contributed by atoms with Gasteiger partial charge >= 0.3 is 0 Å². The zero-order valence-corrected chi connectivity index (χ0v) is 14.7. The number of hydrogen-bond acceptors (Lipinski definition) is 4. The fraction of sp³-hybridized carbons (Fsp3) is 0.190. The van der Waals surface area contributed by atoms with Gasteiger partial charge in [0.2, 0.25) is 5.67 Å². The van der Waals surface area contributed by atoms with E-state index in [1.807, 2.05) is 6.07 Å². The van der Waals surface area contributed by atoms with Gasteiger partial charge in [0.05, 0.1) is 5.69 Å². The third-order valence-corrected chi connectivity index (χ3v) is 5.12. The fourth-order valence-corrected chi connectivity index (χ4v) is 3.71. The average molecular weight is 381 g/mol. The lowest BCUT2D eigenvalue weighted by atomic mass is 10.0. The van der Waals surface area contributed by atoms with E-state index in [1.54, 1.807) is 48.5 Å². The van der Waals surface area contributed by atoms with Crippen molar-refractivity contribution in [1.29, 1.82) is 0 Å². The highest BCUT2D eigenvalue weighted by atomic mass is 19.1. The molecule has 1 aliphatic rings. The Morgan fingerprint density at radius 3 is 2.29 bits per heavy atom. The molecule has 0 bridgehead atoms. The first-order chi connectivity index (χ1) is 13.6. The van der Waals surface area contributed by atoms with Crippen molar-refractivity contribution in [2.45, 2.75) is 24.2 Å². The van der Waals surface area contributed by atoms with Crippen LogP contribution >= 0.6 is 0 Å². The second kappa shape index (κ2) is 7.09. The summed E-state index contributed by atoms with van der Waals surface area (Å²) in [4.78, 5) is 20.3. The van der Waals surface area contributed by atoms with Crippen molar-refractivity contribution in [3.05, 3.63) is 83.7 Å². The molecule has 0 spiro atoms. The molecular weight excluding hydrogens is 364 g/mol. The Hall–Kier alpha value is -3.19. The van der Waals surface area contributed by atoms with E-state index < -0.39 is 30.1 Å². The Bertz CT molecular complexity index is 998. The predicted octanol–water partition coefficient (Wildman–Crippen LogP) is 3.71. The number of aromatic nitrogens is 2. The van der Waals surface area contributed by atoms with E-state index in [2.05, 4.69) is 9.97 Å². The molecule has 5 nitrogen and oxygen atoms in total. The number of carbonyl (C=O) groups excluding carboxylic acids is 1. The Morgan fingerprint density at radius 1 is 1.04 bits per heavy atom. The highest BCUT2D eigenvalue weighted by molar-refractivity contribution is 5.92.